The van der Waals surface area contributed by atoms with Gasteiger partial charge in [0, 0.05) is 42.9 Å². The monoisotopic (exact) mass is 499 g/mol. The zero-order valence-electron chi connectivity index (χ0n) is 21.5. The van der Waals surface area contributed by atoms with Crippen molar-refractivity contribution in [3.05, 3.63) is 77.1 Å². The highest BCUT2D eigenvalue weighted by atomic mass is 16.5. The van der Waals surface area contributed by atoms with Crippen LogP contribution in [0.5, 0.6) is 5.75 Å². The third kappa shape index (κ3) is 6.46. The smallest absolute Gasteiger partial charge is 0.251 e. The number of hydrogen-bond donors (Lipinski definition) is 2. The average molecular weight is 500 g/mol. The molecular weight excluding hydrogens is 466 g/mol. The van der Waals surface area contributed by atoms with E-state index in [1.54, 1.807) is 12.1 Å². The predicted octanol–water partition coefficient (Wildman–Crippen LogP) is 4.67. The largest absolute Gasteiger partial charge is 0.490 e. The molecule has 1 fully saturated rings. The zero-order chi connectivity index (χ0) is 26.5. The first-order chi connectivity index (χ1) is 17.8. The van der Waals surface area contributed by atoms with Crippen LogP contribution in [0.3, 0.4) is 0 Å². The summed E-state index contributed by atoms with van der Waals surface area (Å²) in [4.78, 5) is 25.4. The number of nitrogens with one attached hydrogen (secondary N) is 1. The highest BCUT2D eigenvalue weighted by Crippen LogP contribution is 2.34. The fraction of sp³-hybridized carbons (Fsp3) is 0.367. The van der Waals surface area contributed by atoms with Gasteiger partial charge in [0.1, 0.15) is 11.8 Å². The summed E-state index contributed by atoms with van der Waals surface area (Å²) in [7, 11) is 1.90. The predicted molar refractivity (Wildman–Crippen MR) is 141 cm³/mol. The van der Waals surface area contributed by atoms with E-state index < -0.39 is 0 Å². The molecule has 1 saturated carbocycles. The number of Topliss-reactive ketones (excluding diaryl/α,β-unsaturated/α-hetero) is 1. The molecule has 2 N–H and O–H groups in total. The van der Waals surface area contributed by atoms with E-state index in [9.17, 15) is 20.0 Å². The van der Waals surface area contributed by atoms with Crippen molar-refractivity contribution in [3.63, 3.8) is 0 Å². The van der Waals surface area contributed by atoms with Crippen molar-refractivity contribution < 1.29 is 19.4 Å². The van der Waals surface area contributed by atoms with Gasteiger partial charge in [-0.1, -0.05) is 24.3 Å². The maximum atomic E-state index is 12.9. The van der Waals surface area contributed by atoms with E-state index in [0.717, 1.165) is 35.2 Å². The number of aliphatic hydroxyl groups excluding tert-OH is 1. The van der Waals surface area contributed by atoms with Crippen molar-refractivity contribution in [2.75, 3.05) is 6.61 Å². The number of benzene rings is 2. The summed E-state index contributed by atoms with van der Waals surface area (Å²) in [5.41, 5.74) is 4.45. The number of rotatable bonds is 11. The molecule has 1 heterocycles. The van der Waals surface area contributed by atoms with Crippen molar-refractivity contribution in [1.29, 1.82) is 5.26 Å². The number of aryl methyl sites for hydroxylation is 1. The van der Waals surface area contributed by atoms with Gasteiger partial charge in [-0.15, -0.1) is 0 Å². The SMILES string of the molecule is CC(C)Oc1ccc(C(=O)N[C@H](CCO)Cc2ccc(-c3cc(C(=O)C4CC4)n(C)c3)cc2)cc1C#N. The third-order valence-electron chi connectivity index (χ3n) is 6.51. The van der Waals surface area contributed by atoms with Crippen LogP contribution in [0.4, 0.5) is 0 Å². The number of nitriles is 1. The molecule has 1 amide bonds. The Hall–Kier alpha value is -3.89. The summed E-state index contributed by atoms with van der Waals surface area (Å²) in [5.74, 6) is 0.542. The Morgan fingerprint density at radius 1 is 1.14 bits per heavy atom. The maximum Gasteiger partial charge on any atom is 0.251 e. The van der Waals surface area contributed by atoms with Gasteiger partial charge < -0.3 is 19.7 Å². The Bertz CT molecular complexity index is 1310. The second-order valence-electron chi connectivity index (χ2n) is 9.94. The lowest BCUT2D eigenvalue weighted by molar-refractivity contribution is 0.0928. The number of aromatic nitrogens is 1. The van der Waals surface area contributed by atoms with E-state index in [-0.39, 0.29) is 36.4 Å². The molecule has 1 aliphatic rings. The first-order valence-corrected chi connectivity index (χ1v) is 12.7. The molecular formula is C30H33N3O4. The van der Waals surface area contributed by atoms with Crippen LogP contribution >= 0.6 is 0 Å². The molecule has 1 aromatic heterocycles. The minimum absolute atomic E-state index is 0.0601. The van der Waals surface area contributed by atoms with Gasteiger partial charge in [0.15, 0.2) is 5.78 Å². The second-order valence-corrected chi connectivity index (χ2v) is 9.94. The molecule has 0 saturated heterocycles. The van der Waals surface area contributed by atoms with E-state index in [1.165, 1.54) is 6.07 Å². The number of nitrogens with zero attached hydrogens (tertiary/aromatic N) is 2. The van der Waals surface area contributed by atoms with Gasteiger partial charge in [-0.3, -0.25) is 9.59 Å². The topological polar surface area (TPSA) is 104 Å². The van der Waals surface area contributed by atoms with Crippen LogP contribution < -0.4 is 10.1 Å². The van der Waals surface area contributed by atoms with Gasteiger partial charge in [0.05, 0.1) is 17.4 Å². The Kier molecular flexibility index (Phi) is 8.10. The van der Waals surface area contributed by atoms with Crippen LogP contribution in [0.15, 0.2) is 54.7 Å². The summed E-state index contributed by atoms with van der Waals surface area (Å²) in [6.07, 6.45) is 4.81. The average Bonchev–Trinajstić information content (AvgIpc) is 3.65. The van der Waals surface area contributed by atoms with Gasteiger partial charge in [-0.25, -0.2) is 0 Å². The van der Waals surface area contributed by atoms with Crippen LogP contribution in [0.1, 0.15) is 65.1 Å². The highest BCUT2D eigenvalue weighted by Gasteiger charge is 2.32. The normalized spacial score (nSPS) is 13.7. The zero-order valence-corrected chi connectivity index (χ0v) is 21.5. The molecule has 2 aromatic carbocycles. The van der Waals surface area contributed by atoms with Crippen molar-refractivity contribution in [2.24, 2.45) is 13.0 Å². The molecule has 0 bridgehead atoms. The standard InChI is InChI=1S/C30H33N3O4/c1-19(2)37-28-11-10-23(15-24(28)17-31)30(36)32-26(12-13-34)14-20-4-6-21(7-5-20)25-16-27(33(3)18-25)29(35)22-8-9-22/h4-7,10-11,15-16,18-19,22,26,34H,8-9,12-14H2,1-3H3,(H,32,36)/t26-/m1/s1. The molecule has 0 spiro atoms. The minimum atomic E-state index is -0.306. The molecule has 1 atom stereocenters. The fourth-order valence-corrected chi connectivity index (χ4v) is 4.40. The molecule has 37 heavy (non-hydrogen) atoms. The van der Waals surface area contributed by atoms with E-state index in [4.69, 9.17) is 4.74 Å². The van der Waals surface area contributed by atoms with E-state index >= 15 is 0 Å². The number of ether oxygens (including phenoxy) is 1. The Morgan fingerprint density at radius 3 is 2.49 bits per heavy atom. The third-order valence-corrected chi connectivity index (χ3v) is 6.51. The van der Waals surface area contributed by atoms with E-state index in [1.807, 2.05) is 62.0 Å². The number of aliphatic hydroxyl groups is 1. The summed E-state index contributed by atoms with van der Waals surface area (Å²) >= 11 is 0. The molecule has 3 aromatic rings. The lowest BCUT2D eigenvalue weighted by Crippen LogP contribution is -2.37. The van der Waals surface area contributed by atoms with Crippen LogP contribution in [0.25, 0.3) is 11.1 Å². The van der Waals surface area contributed by atoms with Gasteiger partial charge in [0.2, 0.25) is 0 Å². The quantitative estimate of drug-likeness (QED) is 0.373. The molecule has 0 unspecified atom stereocenters. The number of carbonyl (C=O) groups is 2. The molecule has 0 radical (unpaired) electrons. The lowest BCUT2D eigenvalue weighted by atomic mass is 9.99. The van der Waals surface area contributed by atoms with Crippen LogP contribution in [-0.4, -0.2) is 40.1 Å². The van der Waals surface area contributed by atoms with Crippen molar-refractivity contribution in [3.8, 4) is 22.9 Å². The Labute approximate surface area is 217 Å². The van der Waals surface area contributed by atoms with Crippen molar-refractivity contribution in [2.45, 2.75) is 51.7 Å². The second kappa shape index (κ2) is 11.4. The summed E-state index contributed by atoms with van der Waals surface area (Å²) in [6.45, 7) is 3.69. The van der Waals surface area contributed by atoms with Gasteiger partial charge in [-0.2, -0.15) is 5.26 Å². The van der Waals surface area contributed by atoms with Gasteiger partial charge >= 0.3 is 0 Å². The van der Waals surface area contributed by atoms with Crippen molar-refractivity contribution in [1.82, 2.24) is 9.88 Å². The maximum absolute atomic E-state index is 12.9. The molecule has 4 rings (SSSR count). The molecule has 7 nitrogen and oxygen atoms in total. The number of carbonyl (C=O) groups excluding carboxylic acids is 2. The Balaban J connectivity index is 1.43. The first kappa shape index (κ1) is 26.2. The molecule has 0 aliphatic heterocycles. The van der Waals surface area contributed by atoms with Crippen LogP contribution in [0, 0.1) is 17.2 Å². The molecule has 192 valence electrons. The van der Waals surface area contributed by atoms with Crippen LogP contribution in [0.2, 0.25) is 0 Å². The van der Waals surface area contributed by atoms with Crippen molar-refractivity contribution >= 4 is 11.7 Å². The first-order valence-electron chi connectivity index (χ1n) is 12.7. The number of amides is 1. The number of ketones is 1. The fourth-order valence-electron chi connectivity index (χ4n) is 4.40. The minimum Gasteiger partial charge on any atom is -0.490 e. The summed E-state index contributed by atoms with van der Waals surface area (Å²) < 4.78 is 7.54. The highest BCUT2D eigenvalue weighted by molar-refractivity contribution is 5.99. The number of hydrogen-bond acceptors (Lipinski definition) is 5. The van der Waals surface area contributed by atoms with E-state index in [0.29, 0.717) is 29.7 Å². The molecule has 7 heteroatoms. The summed E-state index contributed by atoms with van der Waals surface area (Å²) in [6, 6.07) is 16.6. The van der Waals surface area contributed by atoms with Crippen LogP contribution in [-0.2, 0) is 13.5 Å². The summed E-state index contributed by atoms with van der Waals surface area (Å²) in [5, 5.41) is 22.0. The lowest BCUT2D eigenvalue weighted by Gasteiger charge is -2.19. The van der Waals surface area contributed by atoms with Gasteiger partial charge in [0.25, 0.3) is 5.91 Å². The van der Waals surface area contributed by atoms with Gasteiger partial charge in [-0.05, 0) is 74.9 Å². The Morgan fingerprint density at radius 2 is 1.86 bits per heavy atom. The molecule has 1 aliphatic carbocycles. The van der Waals surface area contributed by atoms with E-state index in [2.05, 4.69) is 11.4 Å².